The van der Waals surface area contributed by atoms with Gasteiger partial charge >= 0.3 is 167 Å². The maximum absolute atomic E-state index is 12.8. The van der Waals surface area contributed by atoms with Crippen LogP contribution in [0.4, 0.5) is 0 Å². The summed E-state index contributed by atoms with van der Waals surface area (Å²) in [4.78, 5) is 36.6. The molecule has 4 atom stereocenters. The molecule has 30 heavy (non-hydrogen) atoms. The van der Waals surface area contributed by atoms with Crippen molar-refractivity contribution in [1.82, 2.24) is 0 Å². The molecule has 0 N–H and O–H groups in total. The Balaban J connectivity index is 1.26. The second kappa shape index (κ2) is 1.77. The van der Waals surface area contributed by atoms with E-state index in [-0.39, 0.29) is 11.6 Å². The topological polar surface area (TPSA) is 34.1 Å². The van der Waals surface area contributed by atoms with Gasteiger partial charge in [0, 0.05) is 0 Å². The van der Waals surface area contributed by atoms with Crippen molar-refractivity contribution in [3.05, 3.63) is 59.7 Å². The molecule has 2 aromatic rings. The van der Waals surface area contributed by atoms with E-state index in [1.165, 1.54) is 44.3 Å². The van der Waals surface area contributed by atoms with Crippen LogP contribution < -0.4 is 10.6 Å². The van der Waals surface area contributed by atoms with Gasteiger partial charge in [-0.1, -0.05) is 0 Å². The molecule has 10 aliphatic heterocycles. The molecule has 10 heterocycles. The van der Waals surface area contributed by atoms with Crippen LogP contribution in [-0.2, 0) is 6.51 Å². The Labute approximate surface area is 166 Å². The standard InChI is InChI=1S/C21H18O2P.C5H5.Fe/c1-15(22)18-11-5-7-13-20(18)24(17-9-3-4-10-17)21-14-8-6-12-19(21)16(2)23;1-2-4-5-3-1;/h3-14H,1-2H3;1-5H;. The van der Waals surface area contributed by atoms with E-state index in [4.69, 9.17) is 0 Å². The maximum atomic E-state index is 12.8. The molecule has 2 aromatic carbocycles. The zero-order valence-electron chi connectivity index (χ0n) is 16.9. The number of carbonyl (C=O) groups is 2. The van der Waals surface area contributed by atoms with E-state index in [9.17, 15) is 9.59 Å². The van der Waals surface area contributed by atoms with Crippen molar-refractivity contribution >= 4 is 30.1 Å². The van der Waals surface area contributed by atoms with Crippen molar-refractivity contribution in [3.63, 3.8) is 0 Å². The number of Topliss-reactive ketones (excluding diaryl/α,β-unsaturated/α-hetero) is 2. The van der Waals surface area contributed by atoms with Crippen molar-refractivity contribution in [3.8, 4) is 0 Å². The molecule has 1 spiro atoms. The molecular weight excluding hydrogens is 431 g/mol. The summed E-state index contributed by atoms with van der Waals surface area (Å²) >= 11 is 0. The summed E-state index contributed by atoms with van der Waals surface area (Å²) in [6.45, 7) is 0.0340. The average molecular weight is 454 g/mol. The van der Waals surface area contributed by atoms with Gasteiger partial charge in [-0.15, -0.1) is 0 Å². The minimum absolute atomic E-state index is 0.199. The van der Waals surface area contributed by atoms with Gasteiger partial charge in [0.25, 0.3) is 0 Å². The molecule has 0 saturated carbocycles. The van der Waals surface area contributed by atoms with Crippen LogP contribution in [0.15, 0.2) is 48.5 Å². The van der Waals surface area contributed by atoms with Gasteiger partial charge in [0.1, 0.15) is 0 Å². The monoisotopic (exact) mass is 454 g/mol. The molecule has 4 unspecified atom stereocenters. The summed E-state index contributed by atoms with van der Waals surface area (Å²) in [5.74, 6) is 0.398. The molecule has 0 radical (unpaired) electrons. The van der Waals surface area contributed by atoms with Crippen molar-refractivity contribution in [2.45, 2.75) is 61.2 Å². The Kier molecular flexibility index (Phi) is 0.827. The van der Waals surface area contributed by atoms with E-state index >= 15 is 0 Å². The van der Waals surface area contributed by atoms with E-state index in [1.807, 2.05) is 12.1 Å². The van der Waals surface area contributed by atoms with E-state index in [0.717, 1.165) is 20.8 Å². The number of ketones is 2. The summed E-state index contributed by atoms with van der Waals surface area (Å²) in [7, 11) is -0.616. The average Bonchev–Trinajstić information content (AvgIpc) is 3.68. The molecule has 10 fully saturated rings. The van der Waals surface area contributed by atoms with Gasteiger partial charge in [-0.05, 0) is 0 Å². The molecule has 2 nitrogen and oxygen atoms in total. The van der Waals surface area contributed by atoms with Crippen molar-refractivity contribution in [1.29, 1.82) is 0 Å². The Morgan fingerprint density at radius 1 is 0.700 bits per heavy atom. The fourth-order valence-electron chi connectivity index (χ4n) is 19.1. The van der Waals surface area contributed by atoms with E-state index in [0.29, 0.717) is 4.05 Å². The van der Waals surface area contributed by atoms with Gasteiger partial charge in [0.15, 0.2) is 0 Å². The van der Waals surface area contributed by atoms with Crippen molar-refractivity contribution in [2.24, 2.45) is 0 Å². The van der Waals surface area contributed by atoms with E-state index in [1.54, 1.807) is 13.8 Å². The Morgan fingerprint density at radius 2 is 1.10 bits per heavy atom. The van der Waals surface area contributed by atoms with Crippen LogP contribution in [0.3, 0.4) is 0 Å². The fraction of sp³-hybridized carbons (Fsp3) is 0.462. The molecule has 10 aliphatic rings. The van der Waals surface area contributed by atoms with Crippen molar-refractivity contribution in [2.75, 3.05) is 0 Å². The molecule has 0 aliphatic carbocycles. The minimum atomic E-state index is -3.44. The van der Waals surface area contributed by atoms with Crippen LogP contribution in [0.1, 0.15) is 34.6 Å². The third-order valence-corrected chi connectivity index (χ3v) is 67.5. The van der Waals surface area contributed by atoms with Gasteiger partial charge in [-0.3, -0.25) is 0 Å². The van der Waals surface area contributed by atoms with Gasteiger partial charge in [0.2, 0.25) is 0 Å². The molecule has 12 rings (SSSR count). The third kappa shape index (κ3) is 0.271. The molecule has 4 heteroatoms. The second-order valence-electron chi connectivity index (χ2n) is 14.1. The molecule has 10 saturated heterocycles. The predicted molar refractivity (Wildman–Crippen MR) is 116 cm³/mol. The Bertz CT molecular complexity index is 1630. The quantitative estimate of drug-likeness (QED) is 0.324. The summed E-state index contributed by atoms with van der Waals surface area (Å²) in [5.41, 5.74) is 1.89. The van der Waals surface area contributed by atoms with Crippen LogP contribution in [0.2, 0.25) is 43.3 Å². The van der Waals surface area contributed by atoms with E-state index < -0.39 is 14.4 Å². The van der Waals surface area contributed by atoms with Gasteiger partial charge in [0.05, 0.1) is 0 Å². The number of carbonyl (C=O) groups excluding carboxylic acids is 2. The zero-order valence-corrected chi connectivity index (χ0v) is 18.9. The van der Waals surface area contributed by atoms with Gasteiger partial charge < -0.3 is 0 Å². The number of fused-ring (bicyclic) bond motifs is 10. The van der Waals surface area contributed by atoms with Crippen LogP contribution in [0.5, 0.6) is 0 Å². The predicted octanol–water partition coefficient (Wildman–Crippen LogP) is 5.82. The number of benzene rings is 2. The van der Waals surface area contributed by atoms with Crippen LogP contribution in [-0.4, -0.2) is 15.6 Å². The summed E-state index contributed by atoms with van der Waals surface area (Å²) < 4.78 is 0.630. The normalized spacial score (nSPS) is 72.4. The van der Waals surface area contributed by atoms with Gasteiger partial charge in [-0.25, -0.2) is 0 Å². The fourth-order valence-corrected chi connectivity index (χ4v) is 108. The Hall–Kier alpha value is -1.27. The first-order chi connectivity index (χ1) is 14.3. The van der Waals surface area contributed by atoms with Gasteiger partial charge in [-0.2, -0.15) is 0 Å². The molecule has 0 bridgehead atoms. The van der Waals surface area contributed by atoms with Crippen LogP contribution in [0.25, 0.3) is 0 Å². The first-order valence-corrected chi connectivity index (χ1v) is 19.1. The SMILES string of the molecule is CC(=O)c1ccccc1P(c1ccccc1C(C)=O)[C]12[CH]3[CH]4[CH]5[CH]1[Fe]45321678[CH]2[CH]1[CH]6[CH]7[CH]28. The Morgan fingerprint density at radius 3 is 1.40 bits per heavy atom. The number of rotatable bonds is 5. The first kappa shape index (κ1) is 14.0. The van der Waals surface area contributed by atoms with Crippen LogP contribution >= 0.6 is 7.92 Å². The number of hydrogen-bond acceptors (Lipinski definition) is 2. The number of hydrogen-bond donors (Lipinski definition) is 0. The van der Waals surface area contributed by atoms with E-state index in [2.05, 4.69) is 36.4 Å². The van der Waals surface area contributed by atoms with Crippen molar-refractivity contribution < 1.29 is 16.1 Å². The second-order valence-corrected chi connectivity index (χ2v) is 40.5. The van der Waals surface area contributed by atoms with Crippen LogP contribution in [0, 0.1) is 0 Å². The molecular formula is C26H23FeO2P. The summed E-state index contributed by atoms with van der Waals surface area (Å²) in [6, 6.07) is 17.1. The first-order valence-electron chi connectivity index (χ1n) is 11.5. The molecule has 0 aromatic heterocycles. The molecule has 152 valence electrons. The zero-order chi connectivity index (χ0) is 19.7. The summed E-state index contributed by atoms with van der Waals surface area (Å²) in [6.07, 6.45) is 0. The summed E-state index contributed by atoms with van der Waals surface area (Å²) in [5, 5.41) is 2.67. The molecule has 0 amide bonds. The third-order valence-electron chi connectivity index (χ3n) is 18.0.